The second-order valence-electron chi connectivity index (χ2n) is 5.22. The minimum absolute atomic E-state index is 0.520. The van der Waals surface area contributed by atoms with Crippen molar-refractivity contribution >= 4 is 11.8 Å². The van der Waals surface area contributed by atoms with Crippen molar-refractivity contribution in [2.45, 2.75) is 30.5 Å². The zero-order chi connectivity index (χ0) is 13.8. The molecule has 3 rings (SSSR count). The molecule has 3 heteroatoms. The van der Waals surface area contributed by atoms with Gasteiger partial charge in [0.15, 0.2) is 0 Å². The maximum Gasteiger partial charge on any atom is 0.100 e. The van der Waals surface area contributed by atoms with Gasteiger partial charge in [0.25, 0.3) is 0 Å². The molecule has 0 aliphatic carbocycles. The molecule has 0 bridgehead atoms. The van der Waals surface area contributed by atoms with Gasteiger partial charge in [-0.3, -0.25) is 4.90 Å². The molecule has 0 amide bonds. The van der Waals surface area contributed by atoms with Crippen molar-refractivity contribution in [3.8, 4) is 0 Å². The predicted octanol–water partition coefficient (Wildman–Crippen LogP) is 4.14. The van der Waals surface area contributed by atoms with Gasteiger partial charge in [-0.15, -0.1) is 11.8 Å². The number of pyridine rings is 1. The molecular weight excluding hydrogens is 264 g/mol. The summed E-state index contributed by atoms with van der Waals surface area (Å²) in [6.45, 7) is 2.22. The van der Waals surface area contributed by atoms with E-state index in [1.807, 2.05) is 6.20 Å². The number of aromatic nitrogens is 1. The van der Waals surface area contributed by atoms with Gasteiger partial charge in [0.1, 0.15) is 5.03 Å². The number of thioether (sulfide) groups is 1. The molecule has 1 fully saturated rings. The monoisotopic (exact) mass is 284 g/mol. The van der Waals surface area contributed by atoms with E-state index in [0.717, 1.165) is 6.54 Å². The van der Waals surface area contributed by atoms with E-state index in [9.17, 15) is 0 Å². The smallest absolute Gasteiger partial charge is 0.100 e. The van der Waals surface area contributed by atoms with E-state index in [-0.39, 0.29) is 0 Å². The maximum atomic E-state index is 4.52. The lowest BCUT2D eigenvalue weighted by Gasteiger charge is -2.25. The highest BCUT2D eigenvalue weighted by Crippen LogP contribution is 2.36. The van der Waals surface area contributed by atoms with E-state index in [1.54, 1.807) is 11.8 Å². The van der Waals surface area contributed by atoms with Gasteiger partial charge < -0.3 is 0 Å². The van der Waals surface area contributed by atoms with E-state index in [0.29, 0.717) is 6.04 Å². The summed E-state index contributed by atoms with van der Waals surface area (Å²) < 4.78 is 0. The topological polar surface area (TPSA) is 16.1 Å². The van der Waals surface area contributed by atoms with Gasteiger partial charge in [-0.1, -0.05) is 36.4 Å². The van der Waals surface area contributed by atoms with E-state index in [2.05, 4.69) is 58.6 Å². The lowest BCUT2D eigenvalue weighted by molar-refractivity contribution is 0.245. The largest absolute Gasteiger partial charge is 0.292 e. The number of likely N-dealkylation sites (tertiary alicyclic amines) is 1. The first-order valence-corrected chi connectivity index (χ1v) is 8.38. The van der Waals surface area contributed by atoms with Gasteiger partial charge in [-0.25, -0.2) is 4.98 Å². The molecule has 0 radical (unpaired) electrons. The highest BCUT2D eigenvalue weighted by molar-refractivity contribution is 7.98. The van der Waals surface area contributed by atoms with Gasteiger partial charge in [-0.05, 0) is 37.3 Å². The fraction of sp³-hybridized carbons (Fsp3) is 0.353. The molecule has 1 atom stereocenters. The van der Waals surface area contributed by atoms with Crippen LogP contribution in [0, 0.1) is 0 Å². The molecule has 2 heterocycles. The summed E-state index contributed by atoms with van der Waals surface area (Å²) in [5, 5.41) is 1.18. The normalized spacial score (nSPS) is 19.4. The number of nitrogens with zero attached hydrogens (tertiary/aromatic N) is 2. The van der Waals surface area contributed by atoms with E-state index in [1.165, 1.54) is 35.5 Å². The average molecular weight is 284 g/mol. The lowest BCUT2D eigenvalue weighted by Crippen LogP contribution is -2.23. The van der Waals surface area contributed by atoms with Crippen molar-refractivity contribution < 1.29 is 0 Å². The van der Waals surface area contributed by atoms with Crippen molar-refractivity contribution in [1.82, 2.24) is 9.88 Å². The highest BCUT2D eigenvalue weighted by Gasteiger charge is 2.27. The van der Waals surface area contributed by atoms with Gasteiger partial charge in [0.2, 0.25) is 0 Å². The van der Waals surface area contributed by atoms with Gasteiger partial charge in [0, 0.05) is 24.3 Å². The molecule has 0 N–H and O–H groups in total. The Bertz CT molecular complexity index is 556. The number of hydrogen-bond donors (Lipinski definition) is 0. The molecule has 1 aliphatic rings. The molecular formula is C17H20N2S. The third-order valence-electron chi connectivity index (χ3n) is 3.95. The third-order valence-corrected chi connectivity index (χ3v) is 4.67. The third kappa shape index (κ3) is 2.89. The quantitative estimate of drug-likeness (QED) is 0.785. The first-order chi connectivity index (χ1) is 9.88. The zero-order valence-corrected chi connectivity index (χ0v) is 12.6. The van der Waals surface area contributed by atoms with Crippen LogP contribution in [-0.2, 0) is 6.54 Å². The molecule has 1 aromatic heterocycles. The summed E-state index contributed by atoms with van der Waals surface area (Å²) in [5.74, 6) is 0. The predicted molar refractivity (Wildman–Crippen MR) is 84.8 cm³/mol. The van der Waals surface area contributed by atoms with E-state index >= 15 is 0 Å². The SMILES string of the molecule is CSc1ncccc1[C@@H]1CCCN1Cc1ccccc1. The van der Waals surface area contributed by atoms with Crippen LogP contribution in [0.15, 0.2) is 53.7 Å². The standard InChI is InChI=1S/C17H20N2S/c1-20-17-15(9-5-11-18-17)16-10-6-12-19(16)13-14-7-3-2-4-8-14/h2-5,7-9,11,16H,6,10,12-13H2,1H3/t16-/m0/s1. The molecule has 0 saturated carbocycles. The Kier molecular flexibility index (Phi) is 4.38. The molecule has 1 aliphatic heterocycles. The van der Waals surface area contributed by atoms with Gasteiger partial charge in [0.05, 0.1) is 0 Å². The van der Waals surface area contributed by atoms with Crippen LogP contribution >= 0.6 is 11.8 Å². The number of rotatable bonds is 4. The Balaban J connectivity index is 1.82. The second kappa shape index (κ2) is 6.42. The number of benzene rings is 1. The molecule has 104 valence electrons. The van der Waals surface area contributed by atoms with Crippen LogP contribution in [0.5, 0.6) is 0 Å². The molecule has 20 heavy (non-hydrogen) atoms. The average Bonchev–Trinajstić information content (AvgIpc) is 2.96. The molecule has 1 aromatic carbocycles. The molecule has 1 saturated heterocycles. The van der Waals surface area contributed by atoms with Crippen LogP contribution in [0.2, 0.25) is 0 Å². The fourth-order valence-electron chi connectivity index (χ4n) is 3.01. The Hall–Kier alpha value is -1.32. The molecule has 2 nitrogen and oxygen atoms in total. The summed E-state index contributed by atoms with van der Waals surface area (Å²) in [6.07, 6.45) is 6.53. The maximum absolute atomic E-state index is 4.52. The van der Waals surface area contributed by atoms with E-state index < -0.39 is 0 Å². The van der Waals surface area contributed by atoms with Crippen LogP contribution in [0.3, 0.4) is 0 Å². The zero-order valence-electron chi connectivity index (χ0n) is 11.8. The Morgan fingerprint density at radius 1 is 1.20 bits per heavy atom. The fourth-order valence-corrected chi connectivity index (χ4v) is 3.62. The van der Waals surface area contributed by atoms with E-state index in [4.69, 9.17) is 0 Å². The lowest BCUT2D eigenvalue weighted by atomic mass is 10.1. The van der Waals surface area contributed by atoms with Crippen LogP contribution in [-0.4, -0.2) is 22.7 Å². The minimum atomic E-state index is 0.520. The van der Waals surface area contributed by atoms with Crippen molar-refractivity contribution in [3.63, 3.8) is 0 Å². The van der Waals surface area contributed by atoms with Crippen LogP contribution in [0.4, 0.5) is 0 Å². The Morgan fingerprint density at radius 2 is 2.05 bits per heavy atom. The first-order valence-electron chi connectivity index (χ1n) is 7.15. The minimum Gasteiger partial charge on any atom is -0.292 e. The van der Waals surface area contributed by atoms with Crippen molar-refractivity contribution in [1.29, 1.82) is 0 Å². The van der Waals surface area contributed by atoms with Crippen molar-refractivity contribution in [3.05, 3.63) is 59.8 Å². The summed E-state index contributed by atoms with van der Waals surface area (Å²) >= 11 is 1.75. The molecule has 2 aromatic rings. The summed E-state index contributed by atoms with van der Waals surface area (Å²) in [6, 6.07) is 15.6. The Morgan fingerprint density at radius 3 is 2.85 bits per heavy atom. The van der Waals surface area contributed by atoms with Crippen LogP contribution in [0.1, 0.15) is 30.0 Å². The molecule has 0 unspecified atom stereocenters. The van der Waals surface area contributed by atoms with Gasteiger partial charge >= 0.3 is 0 Å². The highest BCUT2D eigenvalue weighted by atomic mass is 32.2. The number of hydrogen-bond acceptors (Lipinski definition) is 3. The Labute approximate surface area is 125 Å². The summed E-state index contributed by atoms with van der Waals surface area (Å²) in [4.78, 5) is 7.11. The van der Waals surface area contributed by atoms with Crippen molar-refractivity contribution in [2.24, 2.45) is 0 Å². The van der Waals surface area contributed by atoms with Crippen molar-refractivity contribution in [2.75, 3.05) is 12.8 Å². The van der Waals surface area contributed by atoms with Crippen LogP contribution < -0.4 is 0 Å². The second-order valence-corrected chi connectivity index (χ2v) is 6.01. The summed E-state index contributed by atoms with van der Waals surface area (Å²) in [7, 11) is 0. The summed E-state index contributed by atoms with van der Waals surface area (Å²) in [5.41, 5.74) is 2.79. The van der Waals surface area contributed by atoms with Gasteiger partial charge in [-0.2, -0.15) is 0 Å². The first kappa shape index (κ1) is 13.7. The molecule has 0 spiro atoms. The van der Waals surface area contributed by atoms with Crippen LogP contribution in [0.25, 0.3) is 0 Å².